The summed E-state index contributed by atoms with van der Waals surface area (Å²) in [4.78, 5) is 26.3. The van der Waals surface area contributed by atoms with Gasteiger partial charge < -0.3 is 5.32 Å². The topological polar surface area (TPSA) is 118 Å². The van der Waals surface area contributed by atoms with Gasteiger partial charge in [-0.05, 0) is 24.6 Å². The van der Waals surface area contributed by atoms with Crippen molar-refractivity contribution in [3.63, 3.8) is 0 Å². The number of carbonyl (C=O) groups excluding carboxylic acids is 1. The third kappa shape index (κ3) is 6.41. The van der Waals surface area contributed by atoms with Crippen LogP contribution in [0.4, 0.5) is 30.7 Å². The first-order chi connectivity index (χ1) is 19.0. The molecule has 0 bridgehead atoms. The number of pyridine rings is 2. The van der Waals surface area contributed by atoms with E-state index in [2.05, 4.69) is 25.3 Å². The fourth-order valence-electron chi connectivity index (χ4n) is 4.18. The number of carbonyl (C=O) groups is 1. The summed E-state index contributed by atoms with van der Waals surface area (Å²) in [6.07, 6.45) is -8.15. The number of hydrogen-bond acceptors (Lipinski definition) is 7. The number of halogens is 8. The summed E-state index contributed by atoms with van der Waals surface area (Å²) in [6, 6.07) is -0.997. The summed E-state index contributed by atoms with van der Waals surface area (Å²) < 4.78 is 121. The van der Waals surface area contributed by atoms with Crippen molar-refractivity contribution >= 4 is 27.5 Å². The predicted octanol–water partition coefficient (Wildman–Crippen LogP) is 4.43. The van der Waals surface area contributed by atoms with Gasteiger partial charge in [0.15, 0.2) is 0 Å². The minimum atomic E-state index is -4.94. The van der Waals surface area contributed by atoms with Gasteiger partial charge in [0.1, 0.15) is 17.1 Å². The third-order valence-corrected chi connectivity index (χ3v) is 8.36. The number of hydrogen-bond donors (Lipinski definition) is 1. The van der Waals surface area contributed by atoms with E-state index in [1.54, 1.807) is 0 Å². The normalized spacial score (nSPS) is 20.3. The quantitative estimate of drug-likeness (QED) is 0.402. The molecule has 3 aromatic rings. The van der Waals surface area contributed by atoms with E-state index in [0.717, 1.165) is 36.9 Å². The van der Waals surface area contributed by atoms with Gasteiger partial charge in [0, 0.05) is 49.5 Å². The number of nitrogens with one attached hydrogen (secondary N) is 1. The second-order valence-corrected chi connectivity index (χ2v) is 11.2. The molecular weight excluding hydrogens is 609 g/mol. The molecule has 0 unspecified atom stereocenters. The Morgan fingerprint density at radius 2 is 1.68 bits per heavy atom. The van der Waals surface area contributed by atoms with E-state index in [9.17, 15) is 43.9 Å². The lowest BCUT2D eigenvalue weighted by molar-refractivity contribution is -0.145. The predicted molar refractivity (Wildman–Crippen MR) is 128 cm³/mol. The monoisotopic (exact) mass is 626 g/mol. The summed E-state index contributed by atoms with van der Waals surface area (Å²) in [5.41, 5.74) is -2.19. The van der Waals surface area contributed by atoms with Gasteiger partial charge in [-0.3, -0.25) is 14.8 Å². The zero-order chi connectivity index (χ0) is 30.3. The Morgan fingerprint density at radius 1 is 1.02 bits per heavy atom. The van der Waals surface area contributed by atoms with Crippen LogP contribution in [0.3, 0.4) is 0 Å². The fraction of sp³-hybridized carbons (Fsp3) is 0.348. The minimum Gasteiger partial charge on any atom is -0.351 e. The molecule has 1 aliphatic heterocycles. The lowest BCUT2D eigenvalue weighted by atomic mass is 10.1. The second kappa shape index (κ2) is 11.1. The van der Waals surface area contributed by atoms with E-state index in [0.29, 0.717) is 10.5 Å². The Hall–Kier alpha value is -3.44. The molecule has 1 saturated heterocycles. The van der Waals surface area contributed by atoms with E-state index in [1.165, 1.54) is 6.92 Å². The third-order valence-electron chi connectivity index (χ3n) is 6.19. The zero-order valence-electron chi connectivity index (χ0n) is 20.6. The van der Waals surface area contributed by atoms with Crippen molar-refractivity contribution in [2.24, 2.45) is 0 Å². The molecule has 0 saturated carbocycles. The average molecular weight is 627 g/mol. The Kier molecular flexibility index (Phi) is 8.26. The molecular formula is C23H18ClF7N6O3S. The molecule has 4 rings (SSSR count). The van der Waals surface area contributed by atoms with Crippen molar-refractivity contribution in [1.82, 2.24) is 29.6 Å². The average Bonchev–Trinajstić information content (AvgIpc) is 3.20. The smallest absolute Gasteiger partial charge is 0.351 e. The van der Waals surface area contributed by atoms with E-state index in [-0.39, 0.29) is 16.3 Å². The van der Waals surface area contributed by atoms with Gasteiger partial charge in [-0.2, -0.15) is 30.6 Å². The molecule has 3 aromatic heterocycles. The summed E-state index contributed by atoms with van der Waals surface area (Å²) >= 11 is 5.82. The van der Waals surface area contributed by atoms with E-state index in [1.807, 2.05) is 0 Å². The minimum absolute atomic E-state index is 0.0395. The summed E-state index contributed by atoms with van der Waals surface area (Å²) in [5.74, 6) is -2.55. The second-order valence-electron chi connectivity index (χ2n) is 8.92. The first kappa shape index (κ1) is 30.5. The van der Waals surface area contributed by atoms with Gasteiger partial charge in [-0.15, -0.1) is 0 Å². The van der Waals surface area contributed by atoms with Crippen LogP contribution < -0.4 is 5.32 Å². The summed E-state index contributed by atoms with van der Waals surface area (Å²) in [5, 5.41) is 2.17. The molecule has 0 spiro atoms. The molecule has 220 valence electrons. The molecule has 0 aromatic carbocycles. The van der Waals surface area contributed by atoms with Gasteiger partial charge in [-0.1, -0.05) is 11.6 Å². The molecule has 41 heavy (non-hydrogen) atoms. The number of amides is 1. The largest absolute Gasteiger partial charge is 0.451 e. The van der Waals surface area contributed by atoms with Crippen molar-refractivity contribution in [3.8, 4) is 11.3 Å². The maximum Gasteiger partial charge on any atom is 0.451 e. The molecule has 1 fully saturated rings. The standard InChI is InChI=1S/C23H18ClF7N6O3S/c1-11-17(25)4-19(37(11)41(39,40)15-3-14(24)8-32-9-15)20(38)34-5-12-2-18(33-10-16(12)22(26,27)28)13-6-35-21(36-7-13)23(29,30)31/h2-3,6-11,17,19H,4-5H2,1H3,(H,34,38)/t11-,17+,19-/m0/s1. The van der Waals surface area contributed by atoms with Crippen molar-refractivity contribution in [2.75, 3.05) is 0 Å². The SMILES string of the molecule is C[C@H]1[C@H](F)C[C@@H](C(=O)NCc2cc(-c3cnc(C(F)(F)F)nc3)ncc2C(F)(F)F)N1S(=O)(=O)c1cncc(Cl)c1. The number of sulfonamides is 1. The van der Waals surface area contributed by atoms with Gasteiger partial charge in [0.25, 0.3) is 0 Å². The van der Waals surface area contributed by atoms with Gasteiger partial charge in [-0.25, -0.2) is 22.8 Å². The zero-order valence-corrected chi connectivity index (χ0v) is 22.2. The fourth-order valence-corrected chi connectivity index (χ4v) is 6.22. The molecule has 18 heteroatoms. The molecule has 0 aliphatic carbocycles. The van der Waals surface area contributed by atoms with Crippen LogP contribution in [-0.2, 0) is 33.7 Å². The van der Waals surface area contributed by atoms with Crippen LogP contribution in [0, 0.1) is 0 Å². The Morgan fingerprint density at radius 3 is 2.27 bits per heavy atom. The van der Waals surface area contributed by atoms with Crippen LogP contribution in [0.2, 0.25) is 5.02 Å². The van der Waals surface area contributed by atoms with Crippen LogP contribution in [0.25, 0.3) is 11.3 Å². The van der Waals surface area contributed by atoms with Gasteiger partial charge in [0.2, 0.25) is 21.8 Å². The number of rotatable bonds is 6. The first-order valence-electron chi connectivity index (χ1n) is 11.5. The number of aromatic nitrogens is 4. The molecule has 1 aliphatic rings. The van der Waals surface area contributed by atoms with Crippen molar-refractivity contribution < 1.29 is 43.9 Å². The van der Waals surface area contributed by atoms with Crippen molar-refractivity contribution in [3.05, 3.63) is 65.1 Å². The maximum absolute atomic E-state index is 14.7. The Balaban J connectivity index is 1.62. The molecule has 4 heterocycles. The summed E-state index contributed by atoms with van der Waals surface area (Å²) in [7, 11) is -4.51. The lowest BCUT2D eigenvalue weighted by Gasteiger charge is -2.27. The number of nitrogens with zero attached hydrogens (tertiary/aromatic N) is 5. The maximum atomic E-state index is 14.7. The highest BCUT2D eigenvalue weighted by molar-refractivity contribution is 7.89. The van der Waals surface area contributed by atoms with Gasteiger partial charge in [0.05, 0.1) is 22.3 Å². The van der Waals surface area contributed by atoms with Crippen LogP contribution in [0.1, 0.15) is 30.3 Å². The highest BCUT2D eigenvalue weighted by Gasteiger charge is 2.49. The molecule has 3 atom stereocenters. The number of alkyl halides is 7. The molecule has 9 nitrogen and oxygen atoms in total. The van der Waals surface area contributed by atoms with Crippen LogP contribution in [-0.4, -0.2) is 56.8 Å². The van der Waals surface area contributed by atoms with Crippen molar-refractivity contribution in [1.29, 1.82) is 0 Å². The van der Waals surface area contributed by atoms with Crippen LogP contribution in [0.5, 0.6) is 0 Å². The highest BCUT2D eigenvalue weighted by atomic mass is 35.5. The highest BCUT2D eigenvalue weighted by Crippen LogP contribution is 2.35. The Bertz CT molecular complexity index is 1550. The van der Waals surface area contributed by atoms with Gasteiger partial charge >= 0.3 is 12.4 Å². The molecule has 1 N–H and O–H groups in total. The first-order valence-corrected chi connectivity index (χ1v) is 13.3. The van der Waals surface area contributed by atoms with Crippen LogP contribution >= 0.6 is 11.6 Å². The van der Waals surface area contributed by atoms with E-state index in [4.69, 9.17) is 11.6 Å². The van der Waals surface area contributed by atoms with E-state index >= 15 is 0 Å². The molecule has 0 radical (unpaired) electrons. The molecule has 1 amide bonds. The van der Waals surface area contributed by atoms with Crippen LogP contribution in [0.15, 0.2) is 48.0 Å². The Labute approximate surface area is 232 Å². The lowest BCUT2D eigenvalue weighted by Crippen LogP contribution is -2.48. The van der Waals surface area contributed by atoms with E-state index < -0.39 is 81.4 Å². The van der Waals surface area contributed by atoms with Crippen molar-refractivity contribution in [2.45, 2.75) is 55.4 Å². The summed E-state index contributed by atoms with van der Waals surface area (Å²) in [6.45, 7) is 0.426.